The van der Waals surface area contributed by atoms with E-state index < -0.39 is 10.0 Å². The summed E-state index contributed by atoms with van der Waals surface area (Å²) < 4.78 is 26.3. The second kappa shape index (κ2) is 5.90. The maximum atomic E-state index is 12.5. The van der Waals surface area contributed by atoms with Crippen molar-refractivity contribution in [2.24, 2.45) is 5.73 Å². The highest BCUT2D eigenvalue weighted by Crippen LogP contribution is 2.18. The molecule has 1 fully saturated rings. The Hall–Kier alpha value is -1.44. The first kappa shape index (κ1) is 15.0. The van der Waals surface area contributed by atoms with Gasteiger partial charge >= 0.3 is 0 Å². The van der Waals surface area contributed by atoms with Crippen LogP contribution < -0.4 is 5.73 Å². The van der Waals surface area contributed by atoms with E-state index in [2.05, 4.69) is 0 Å². The molecule has 1 aliphatic heterocycles. The third kappa shape index (κ3) is 3.00. The molecular weight excluding hydrogens is 278 g/mol. The molecule has 0 spiro atoms. The van der Waals surface area contributed by atoms with Gasteiger partial charge in [-0.1, -0.05) is 12.1 Å². The van der Waals surface area contributed by atoms with E-state index in [9.17, 15) is 13.2 Å². The number of carbonyl (C=O) groups is 1. The van der Waals surface area contributed by atoms with Crippen molar-refractivity contribution in [3.05, 3.63) is 29.8 Å². The van der Waals surface area contributed by atoms with Crippen LogP contribution in [0.25, 0.3) is 0 Å². The van der Waals surface area contributed by atoms with Crippen molar-refractivity contribution in [1.82, 2.24) is 9.21 Å². The molecule has 20 heavy (non-hydrogen) atoms. The third-order valence-corrected chi connectivity index (χ3v) is 5.29. The van der Waals surface area contributed by atoms with Gasteiger partial charge in [-0.05, 0) is 24.1 Å². The van der Waals surface area contributed by atoms with Crippen LogP contribution in [0.2, 0.25) is 0 Å². The van der Waals surface area contributed by atoms with Gasteiger partial charge in [-0.2, -0.15) is 4.31 Å². The van der Waals surface area contributed by atoms with Crippen LogP contribution in [0.15, 0.2) is 29.2 Å². The Morgan fingerprint density at radius 2 is 1.85 bits per heavy atom. The van der Waals surface area contributed by atoms with Crippen molar-refractivity contribution in [3.8, 4) is 0 Å². The molecule has 1 aromatic rings. The average Bonchev–Trinajstić information content (AvgIpc) is 2.61. The van der Waals surface area contributed by atoms with Gasteiger partial charge in [0.2, 0.25) is 15.9 Å². The van der Waals surface area contributed by atoms with Crippen molar-refractivity contribution in [1.29, 1.82) is 0 Å². The summed E-state index contributed by atoms with van der Waals surface area (Å²) in [6, 6.07) is 6.46. The minimum absolute atomic E-state index is 0.0997. The van der Waals surface area contributed by atoms with E-state index >= 15 is 0 Å². The summed E-state index contributed by atoms with van der Waals surface area (Å²) in [5, 5.41) is 0. The maximum absolute atomic E-state index is 12.5. The van der Waals surface area contributed by atoms with E-state index in [1.807, 2.05) is 0 Å². The van der Waals surface area contributed by atoms with E-state index in [-0.39, 0.29) is 17.3 Å². The standard InChI is InChI=1S/C13H19N3O3S/c1-15-7-2-8-16(10-13(15)17)20(18,19)12-5-3-11(9-14)4-6-12/h3-6H,2,7-10,14H2,1H3. The molecule has 0 bridgehead atoms. The summed E-state index contributed by atoms with van der Waals surface area (Å²) in [4.78, 5) is 13.6. The number of hydrogen-bond acceptors (Lipinski definition) is 4. The van der Waals surface area contributed by atoms with E-state index in [0.717, 1.165) is 5.56 Å². The Morgan fingerprint density at radius 3 is 2.45 bits per heavy atom. The molecule has 7 heteroatoms. The van der Waals surface area contributed by atoms with Gasteiger partial charge in [0.05, 0.1) is 11.4 Å². The number of sulfonamides is 1. The third-order valence-electron chi connectivity index (χ3n) is 3.44. The van der Waals surface area contributed by atoms with Crippen LogP contribution in [-0.2, 0) is 21.4 Å². The van der Waals surface area contributed by atoms with E-state index in [4.69, 9.17) is 5.73 Å². The van der Waals surface area contributed by atoms with Crippen molar-refractivity contribution < 1.29 is 13.2 Å². The molecule has 0 unspecified atom stereocenters. The van der Waals surface area contributed by atoms with E-state index in [0.29, 0.717) is 26.1 Å². The lowest BCUT2D eigenvalue weighted by molar-refractivity contribution is -0.129. The predicted molar refractivity (Wildman–Crippen MR) is 75.3 cm³/mol. The molecule has 2 N–H and O–H groups in total. The number of nitrogens with two attached hydrogens (primary N) is 1. The lowest BCUT2D eigenvalue weighted by Crippen LogP contribution is -2.38. The van der Waals surface area contributed by atoms with E-state index in [1.165, 1.54) is 16.4 Å². The lowest BCUT2D eigenvalue weighted by atomic mass is 10.2. The molecule has 1 heterocycles. The van der Waals surface area contributed by atoms with E-state index in [1.54, 1.807) is 24.1 Å². The molecule has 0 radical (unpaired) electrons. The molecule has 0 atom stereocenters. The zero-order chi connectivity index (χ0) is 14.8. The Kier molecular flexibility index (Phi) is 4.42. The maximum Gasteiger partial charge on any atom is 0.243 e. The number of nitrogens with zero attached hydrogens (tertiary/aromatic N) is 2. The number of hydrogen-bond donors (Lipinski definition) is 1. The van der Waals surface area contributed by atoms with Gasteiger partial charge in [0.1, 0.15) is 0 Å². The summed E-state index contributed by atoms with van der Waals surface area (Å²) in [6.07, 6.45) is 0.641. The average molecular weight is 297 g/mol. The highest BCUT2D eigenvalue weighted by molar-refractivity contribution is 7.89. The molecule has 1 aliphatic rings. The Morgan fingerprint density at radius 1 is 1.20 bits per heavy atom. The summed E-state index contributed by atoms with van der Waals surface area (Å²) in [5.74, 6) is -0.176. The molecule has 6 nitrogen and oxygen atoms in total. The first-order valence-corrected chi connectivity index (χ1v) is 7.92. The SMILES string of the molecule is CN1CCCN(S(=O)(=O)c2ccc(CN)cc2)CC1=O. The van der Waals surface area contributed by atoms with Gasteiger partial charge in [0, 0.05) is 26.7 Å². The quantitative estimate of drug-likeness (QED) is 0.851. The van der Waals surface area contributed by atoms with Crippen molar-refractivity contribution in [3.63, 3.8) is 0 Å². The summed E-state index contributed by atoms with van der Waals surface area (Å²) in [5.41, 5.74) is 6.37. The molecule has 1 aromatic carbocycles. The van der Waals surface area contributed by atoms with Crippen LogP contribution in [0.3, 0.4) is 0 Å². The fourth-order valence-electron chi connectivity index (χ4n) is 2.11. The molecule has 0 saturated carbocycles. The normalized spacial score (nSPS) is 18.1. The number of likely N-dealkylation sites (N-methyl/N-ethyl adjacent to an activating group) is 1. The van der Waals surface area contributed by atoms with Crippen molar-refractivity contribution in [2.75, 3.05) is 26.7 Å². The molecule has 0 aromatic heterocycles. The fourth-order valence-corrected chi connectivity index (χ4v) is 3.54. The topological polar surface area (TPSA) is 83.7 Å². The minimum atomic E-state index is -3.62. The Balaban J connectivity index is 2.26. The monoisotopic (exact) mass is 297 g/mol. The highest BCUT2D eigenvalue weighted by Gasteiger charge is 2.29. The molecule has 1 saturated heterocycles. The molecule has 2 rings (SSSR count). The van der Waals surface area contributed by atoms with Crippen LogP contribution >= 0.6 is 0 Å². The second-order valence-electron chi connectivity index (χ2n) is 4.86. The van der Waals surface area contributed by atoms with Gasteiger partial charge in [0.25, 0.3) is 0 Å². The van der Waals surface area contributed by atoms with Crippen LogP contribution in [0.4, 0.5) is 0 Å². The van der Waals surface area contributed by atoms with Gasteiger partial charge in [-0.3, -0.25) is 4.79 Å². The second-order valence-corrected chi connectivity index (χ2v) is 6.79. The number of benzene rings is 1. The Bertz CT molecular complexity index is 583. The van der Waals surface area contributed by atoms with Crippen LogP contribution in [0.1, 0.15) is 12.0 Å². The molecule has 1 amide bonds. The number of rotatable bonds is 3. The van der Waals surface area contributed by atoms with Crippen LogP contribution in [-0.4, -0.2) is 50.2 Å². The summed E-state index contributed by atoms with van der Waals surface area (Å²) in [7, 11) is -1.93. The van der Waals surface area contributed by atoms with Gasteiger partial charge in [-0.25, -0.2) is 8.42 Å². The molecular formula is C13H19N3O3S. The zero-order valence-electron chi connectivity index (χ0n) is 11.4. The number of carbonyl (C=O) groups excluding carboxylic acids is 1. The van der Waals surface area contributed by atoms with Gasteiger partial charge in [0.15, 0.2) is 0 Å². The van der Waals surface area contributed by atoms with Crippen LogP contribution in [0, 0.1) is 0 Å². The first-order valence-electron chi connectivity index (χ1n) is 6.48. The minimum Gasteiger partial charge on any atom is -0.345 e. The summed E-state index contributed by atoms with van der Waals surface area (Å²) >= 11 is 0. The molecule has 110 valence electrons. The van der Waals surface area contributed by atoms with Gasteiger partial charge < -0.3 is 10.6 Å². The van der Waals surface area contributed by atoms with Gasteiger partial charge in [-0.15, -0.1) is 0 Å². The predicted octanol–water partition coefficient (Wildman–Crippen LogP) is -0.00190. The van der Waals surface area contributed by atoms with Crippen molar-refractivity contribution in [2.45, 2.75) is 17.9 Å². The first-order chi connectivity index (χ1) is 9.45. The zero-order valence-corrected chi connectivity index (χ0v) is 12.3. The van der Waals surface area contributed by atoms with Crippen LogP contribution in [0.5, 0.6) is 0 Å². The summed E-state index contributed by atoms with van der Waals surface area (Å²) in [6.45, 7) is 1.21. The molecule has 0 aliphatic carbocycles. The highest BCUT2D eigenvalue weighted by atomic mass is 32.2. The Labute approximate surface area is 119 Å². The largest absolute Gasteiger partial charge is 0.345 e. The number of amides is 1. The lowest BCUT2D eigenvalue weighted by Gasteiger charge is -2.19. The van der Waals surface area contributed by atoms with Crippen molar-refractivity contribution >= 4 is 15.9 Å². The fraction of sp³-hybridized carbons (Fsp3) is 0.462. The smallest absolute Gasteiger partial charge is 0.243 e.